The average Bonchev–Trinajstić information content (AvgIpc) is 2.37. The molecule has 0 heterocycles. The predicted molar refractivity (Wildman–Crippen MR) is 74.2 cm³/mol. The molecule has 3 heteroatoms. The number of amides is 1. The Morgan fingerprint density at radius 3 is 2.39 bits per heavy atom. The summed E-state index contributed by atoms with van der Waals surface area (Å²) in [5.74, 6) is 1.67. The molecule has 1 aliphatic rings. The van der Waals surface area contributed by atoms with Crippen LogP contribution in [0.5, 0.6) is 0 Å². The van der Waals surface area contributed by atoms with E-state index in [0.717, 1.165) is 38.6 Å². The van der Waals surface area contributed by atoms with Gasteiger partial charge in [0.15, 0.2) is 0 Å². The van der Waals surface area contributed by atoms with Gasteiger partial charge in [0.25, 0.3) is 0 Å². The van der Waals surface area contributed by atoms with Crippen molar-refractivity contribution >= 4 is 5.91 Å². The zero-order valence-electron chi connectivity index (χ0n) is 12.2. The summed E-state index contributed by atoms with van der Waals surface area (Å²) in [7, 11) is 1.93. The molecule has 0 radical (unpaired) electrons. The molecule has 1 fully saturated rings. The maximum atomic E-state index is 12.2. The van der Waals surface area contributed by atoms with Crippen molar-refractivity contribution in [2.24, 2.45) is 17.8 Å². The molecule has 1 saturated carbocycles. The van der Waals surface area contributed by atoms with Gasteiger partial charge in [-0.15, -0.1) is 0 Å². The Morgan fingerprint density at radius 1 is 1.28 bits per heavy atom. The lowest BCUT2D eigenvalue weighted by Gasteiger charge is -2.29. The monoisotopic (exact) mass is 255 g/mol. The molecule has 0 saturated heterocycles. The molecule has 0 aromatic heterocycles. The average molecular weight is 255 g/mol. The van der Waals surface area contributed by atoms with Gasteiger partial charge in [-0.2, -0.15) is 0 Å². The molecule has 1 N–H and O–H groups in total. The van der Waals surface area contributed by atoms with Crippen LogP contribution in [0.3, 0.4) is 0 Å². The zero-order chi connectivity index (χ0) is 13.5. The Hall–Kier alpha value is -0.570. The SMILES string of the molecule is CC(C)CCCN(C)C(=O)C1CCC(CO)CC1. The molecule has 0 bridgehead atoms. The number of aliphatic hydroxyl groups excluding tert-OH is 1. The summed E-state index contributed by atoms with van der Waals surface area (Å²) in [4.78, 5) is 14.1. The number of carbonyl (C=O) groups excluding carboxylic acids is 1. The molecule has 0 aliphatic heterocycles. The Kier molecular flexibility index (Phi) is 6.69. The summed E-state index contributed by atoms with van der Waals surface area (Å²) in [6.45, 7) is 5.61. The molecule has 1 rings (SSSR count). The molecular formula is C15H29NO2. The van der Waals surface area contributed by atoms with E-state index in [-0.39, 0.29) is 12.5 Å². The highest BCUT2D eigenvalue weighted by Crippen LogP contribution is 2.29. The Labute approximate surface area is 112 Å². The third-order valence-corrected chi connectivity index (χ3v) is 4.11. The van der Waals surface area contributed by atoms with E-state index in [0.29, 0.717) is 17.7 Å². The topological polar surface area (TPSA) is 40.5 Å². The second-order valence-corrected chi connectivity index (χ2v) is 6.20. The highest BCUT2D eigenvalue weighted by molar-refractivity contribution is 5.78. The van der Waals surface area contributed by atoms with Crippen molar-refractivity contribution in [1.29, 1.82) is 0 Å². The van der Waals surface area contributed by atoms with Crippen molar-refractivity contribution < 1.29 is 9.90 Å². The smallest absolute Gasteiger partial charge is 0.225 e. The number of aliphatic hydroxyl groups is 1. The van der Waals surface area contributed by atoms with E-state index in [1.165, 1.54) is 6.42 Å². The van der Waals surface area contributed by atoms with Crippen molar-refractivity contribution in [3.63, 3.8) is 0 Å². The van der Waals surface area contributed by atoms with E-state index in [1.54, 1.807) is 0 Å². The van der Waals surface area contributed by atoms with Gasteiger partial charge in [-0.05, 0) is 50.4 Å². The Balaban J connectivity index is 2.26. The van der Waals surface area contributed by atoms with Crippen LogP contribution in [0.25, 0.3) is 0 Å². The predicted octanol–water partition coefficient (Wildman–Crippen LogP) is 2.68. The van der Waals surface area contributed by atoms with Crippen molar-refractivity contribution in [2.45, 2.75) is 52.4 Å². The largest absolute Gasteiger partial charge is 0.396 e. The first-order chi connectivity index (χ1) is 8.54. The minimum absolute atomic E-state index is 0.205. The van der Waals surface area contributed by atoms with E-state index in [1.807, 2.05) is 11.9 Å². The van der Waals surface area contributed by atoms with Crippen molar-refractivity contribution in [2.75, 3.05) is 20.2 Å². The number of rotatable bonds is 6. The van der Waals surface area contributed by atoms with Gasteiger partial charge in [0, 0.05) is 26.1 Å². The fraction of sp³-hybridized carbons (Fsp3) is 0.933. The van der Waals surface area contributed by atoms with Crippen LogP contribution in [0.1, 0.15) is 52.4 Å². The molecule has 3 nitrogen and oxygen atoms in total. The van der Waals surface area contributed by atoms with Gasteiger partial charge in [-0.25, -0.2) is 0 Å². The molecule has 0 aromatic carbocycles. The van der Waals surface area contributed by atoms with E-state index in [9.17, 15) is 4.79 Å². The molecule has 0 atom stereocenters. The number of hydrogen-bond donors (Lipinski definition) is 1. The minimum atomic E-state index is 0.205. The minimum Gasteiger partial charge on any atom is -0.396 e. The van der Waals surface area contributed by atoms with Gasteiger partial charge in [-0.3, -0.25) is 4.79 Å². The lowest BCUT2D eigenvalue weighted by Crippen LogP contribution is -2.36. The number of carbonyl (C=O) groups is 1. The first kappa shape index (κ1) is 15.5. The highest BCUT2D eigenvalue weighted by atomic mass is 16.3. The summed E-state index contributed by atoms with van der Waals surface area (Å²) in [6, 6.07) is 0. The van der Waals surface area contributed by atoms with Crippen LogP contribution in [0.2, 0.25) is 0 Å². The summed E-state index contributed by atoms with van der Waals surface area (Å²) in [5.41, 5.74) is 0. The lowest BCUT2D eigenvalue weighted by atomic mass is 9.82. The van der Waals surface area contributed by atoms with Crippen LogP contribution in [0, 0.1) is 17.8 Å². The lowest BCUT2D eigenvalue weighted by molar-refractivity contribution is -0.135. The third-order valence-electron chi connectivity index (χ3n) is 4.11. The fourth-order valence-electron chi connectivity index (χ4n) is 2.75. The van der Waals surface area contributed by atoms with Crippen LogP contribution in [0.15, 0.2) is 0 Å². The van der Waals surface area contributed by atoms with E-state index in [2.05, 4.69) is 13.8 Å². The Bertz CT molecular complexity index is 245. The van der Waals surface area contributed by atoms with Gasteiger partial charge < -0.3 is 10.0 Å². The van der Waals surface area contributed by atoms with Gasteiger partial charge >= 0.3 is 0 Å². The second-order valence-electron chi connectivity index (χ2n) is 6.20. The van der Waals surface area contributed by atoms with Gasteiger partial charge in [-0.1, -0.05) is 13.8 Å². The molecule has 1 amide bonds. The van der Waals surface area contributed by atoms with Crippen LogP contribution < -0.4 is 0 Å². The maximum absolute atomic E-state index is 12.2. The maximum Gasteiger partial charge on any atom is 0.225 e. The summed E-state index contributed by atoms with van der Waals surface area (Å²) in [5, 5.41) is 9.10. The third kappa shape index (κ3) is 4.97. The molecule has 1 aliphatic carbocycles. The van der Waals surface area contributed by atoms with Crippen molar-refractivity contribution in [3.8, 4) is 0 Å². The van der Waals surface area contributed by atoms with Crippen molar-refractivity contribution in [1.82, 2.24) is 4.90 Å². The normalized spacial score (nSPS) is 24.3. The zero-order valence-corrected chi connectivity index (χ0v) is 12.2. The van der Waals surface area contributed by atoms with Gasteiger partial charge in [0.2, 0.25) is 5.91 Å². The van der Waals surface area contributed by atoms with Crippen LogP contribution in [-0.4, -0.2) is 36.1 Å². The van der Waals surface area contributed by atoms with Crippen molar-refractivity contribution in [3.05, 3.63) is 0 Å². The highest BCUT2D eigenvalue weighted by Gasteiger charge is 2.27. The molecule has 18 heavy (non-hydrogen) atoms. The van der Waals surface area contributed by atoms with Gasteiger partial charge in [0.1, 0.15) is 0 Å². The van der Waals surface area contributed by atoms with Crippen LogP contribution >= 0.6 is 0 Å². The molecule has 0 spiro atoms. The molecule has 0 aromatic rings. The van der Waals surface area contributed by atoms with Crippen LogP contribution in [-0.2, 0) is 4.79 Å². The van der Waals surface area contributed by atoms with E-state index < -0.39 is 0 Å². The fourth-order valence-corrected chi connectivity index (χ4v) is 2.75. The standard InChI is InChI=1S/C15H29NO2/c1-12(2)5-4-10-16(3)15(18)14-8-6-13(11-17)7-9-14/h12-14,17H,4-11H2,1-3H3. The summed E-state index contributed by atoms with van der Waals surface area (Å²) >= 11 is 0. The van der Waals surface area contributed by atoms with E-state index in [4.69, 9.17) is 5.11 Å². The van der Waals surface area contributed by atoms with Crippen LogP contribution in [0.4, 0.5) is 0 Å². The second kappa shape index (κ2) is 7.78. The first-order valence-corrected chi connectivity index (χ1v) is 7.40. The molecule has 106 valence electrons. The number of nitrogens with zero attached hydrogens (tertiary/aromatic N) is 1. The van der Waals surface area contributed by atoms with E-state index >= 15 is 0 Å². The summed E-state index contributed by atoms with van der Waals surface area (Å²) < 4.78 is 0. The summed E-state index contributed by atoms with van der Waals surface area (Å²) in [6.07, 6.45) is 6.22. The first-order valence-electron chi connectivity index (χ1n) is 7.40. The molecule has 0 unspecified atom stereocenters. The number of hydrogen-bond acceptors (Lipinski definition) is 2. The Morgan fingerprint density at radius 2 is 1.89 bits per heavy atom. The van der Waals surface area contributed by atoms with Gasteiger partial charge in [0.05, 0.1) is 0 Å². The molecular weight excluding hydrogens is 226 g/mol. The quantitative estimate of drug-likeness (QED) is 0.792.